The van der Waals surface area contributed by atoms with Crippen LogP contribution in [-0.2, 0) is 4.79 Å². The third-order valence-electron chi connectivity index (χ3n) is 4.74. The van der Waals surface area contributed by atoms with E-state index in [1.54, 1.807) is 18.4 Å². The fourth-order valence-electron chi connectivity index (χ4n) is 3.46. The Hall–Kier alpha value is -1.88. The summed E-state index contributed by atoms with van der Waals surface area (Å²) in [7, 11) is 1.65. The van der Waals surface area contributed by atoms with Crippen molar-refractivity contribution in [3.8, 4) is 5.75 Å². The van der Waals surface area contributed by atoms with E-state index in [4.69, 9.17) is 4.74 Å². The van der Waals surface area contributed by atoms with Crippen molar-refractivity contribution < 1.29 is 9.53 Å². The fourth-order valence-corrected chi connectivity index (χ4v) is 4.12. The molecule has 3 rings (SSSR count). The lowest BCUT2D eigenvalue weighted by molar-refractivity contribution is -0.134. The maximum absolute atomic E-state index is 13.2. The number of hydrogen-bond donors (Lipinski definition) is 0. The molecule has 128 valence electrons. The lowest BCUT2D eigenvalue weighted by atomic mass is 9.94. The Morgan fingerprint density at radius 2 is 2.17 bits per heavy atom. The van der Waals surface area contributed by atoms with Crippen molar-refractivity contribution in [1.82, 2.24) is 9.88 Å². The van der Waals surface area contributed by atoms with Crippen LogP contribution in [0, 0.1) is 6.92 Å². The summed E-state index contributed by atoms with van der Waals surface area (Å²) in [6, 6.07) is 7.99. The minimum absolute atomic E-state index is 0.101. The van der Waals surface area contributed by atoms with Gasteiger partial charge in [0.1, 0.15) is 5.75 Å². The number of thiazole rings is 1. The molecular formula is C19H24N2O2S. The van der Waals surface area contributed by atoms with Gasteiger partial charge in [-0.25, -0.2) is 4.98 Å². The van der Waals surface area contributed by atoms with E-state index in [0.717, 1.165) is 47.8 Å². The maximum Gasteiger partial charge on any atom is 0.230 e. The number of methoxy groups -OCH3 is 1. The van der Waals surface area contributed by atoms with Gasteiger partial charge in [-0.1, -0.05) is 19.1 Å². The van der Waals surface area contributed by atoms with E-state index in [1.807, 2.05) is 36.1 Å². The molecule has 2 aromatic rings. The normalized spacial score (nSPS) is 18.6. The van der Waals surface area contributed by atoms with Crippen LogP contribution in [-0.4, -0.2) is 29.4 Å². The lowest BCUT2D eigenvalue weighted by Crippen LogP contribution is -2.34. The first-order valence-electron chi connectivity index (χ1n) is 8.50. The van der Waals surface area contributed by atoms with E-state index in [9.17, 15) is 4.79 Å². The van der Waals surface area contributed by atoms with Gasteiger partial charge in [-0.2, -0.15) is 0 Å². The van der Waals surface area contributed by atoms with Crippen LogP contribution in [0.5, 0.6) is 5.75 Å². The molecule has 1 fully saturated rings. The van der Waals surface area contributed by atoms with Crippen LogP contribution in [0.1, 0.15) is 54.4 Å². The molecule has 0 N–H and O–H groups in total. The molecule has 0 radical (unpaired) electrons. The van der Waals surface area contributed by atoms with Crippen LogP contribution in [0.15, 0.2) is 29.6 Å². The van der Waals surface area contributed by atoms with Gasteiger partial charge in [-0.3, -0.25) is 4.79 Å². The van der Waals surface area contributed by atoms with Gasteiger partial charge < -0.3 is 9.64 Å². The largest absolute Gasteiger partial charge is 0.497 e. The lowest BCUT2D eigenvalue weighted by Gasteiger charge is -2.28. The highest BCUT2D eigenvalue weighted by Crippen LogP contribution is 2.36. The van der Waals surface area contributed by atoms with Crippen LogP contribution in [0.3, 0.4) is 0 Å². The zero-order valence-corrected chi connectivity index (χ0v) is 15.3. The molecule has 0 spiro atoms. The number of aryl methyl sites for hydroxylation is 1. The van der Waals surface area contributed by atoms with Gasteiger partial charge in [0.05, 0.1) is 29.8 Å². The van der Waals surface area contributed by atoms with Gasteiger partial charge in [0.2, 0.25) is 5.91 Å². The predicted octanol–water partition coefficient (Wildman–Crippen LogP) is 4.32. The summed E-state index contributed by atoms with van der Waals surface area (Å²) in [5, 5.41) is 3.16. The number of likely N-dealkylation sites (tertiary alicyclic amines) is 1. The minimum atomic E-state index is -0.101. The summed E-state index contributed by atoms with van der Waals surface area (Å²) in [6.07, 6.45) is 2.85. The van der Waals surface area contributed by atoms with E-state index in [0.29, 0.717) is 0 Å². The van der Waals surface area contributed by atoms with Gasteiger partial charge >= 0.3 is 0 Å². The third kappa shape index (κ3) is 3.31. The molecule has 4 nitrogen and oxygen atoms in total. The summed E-state index contributed by atoms with van der Waals surface area (Å²) in [5.74, 6) is 0.935. The van der Waals surface area contributed by atoms with Crippen molar-refractivity contribution in [2.24, 2.45) is 0 Å². The fraction of sp³-hybridized carbons (Fsp3) is 0.474. The maximum atomic E-state index is 13.2. The Balaban J connectivity index is 1.81. The summed E-state index contributed by atoms with van der Waals surface area (Å²) in [4.78, 5) is 19.8. The molecule has 0 unspecified atom stereocenters. The molecule has 0 saturated carbocycles. The highest BCUT2D eigenvalue weighted by molar-refractivity contribution is 7.09. The zero-order valence-electron chi connectivity index (χ0n) is 14.5. The van der Waals surface area contributed by atoms with Crippen molar-refractivity contribution in [2.75, 3.05) is 13.7 Å². The monoisotopic (exact) mass is 344 g/mol. The second-order valence-electron chi connectivity index (χ2n) is 6.22. The Kier molecular flexibility index (Phi) is 5.19. The van der Waals surface area contributed by atoms with Crippen LogP contribution in [0.2, 0.25) is 0 Å². The molecule has 1 saturated heterocycles. The number of amides is 1. The van der Waals surface area contributed by atoms with E-state index in [2.05, 4.69) is 17.3 Å². The number of aromatic nitrogens is 1. The summed E-state index contributed by atoms with van der Waals surface area (Å²) < 4.78 is 5.22. The standard InChI is InChI=1S/C19H24N2O2S/c1-4-16(14-7-9-15(23-3)10-8-14)19(22)21-11-5-6-18(21)17-12-24-13(2)20-17/h7-10,12,16,18H,4-6,11H2,1-3H3/t16-,18+/m1/s1. The molecule has 5 heteroatoms. The average molecular weight is 344 g/mol. The molecule has 2 atom stereocenters. The second kappa shape index (κ2) is 7.34. The van der Waals surface area contributed by atoms with Crippen LogP contribution in [0.25, 0.3) is 0 Å². The Morgan fingerprint density at radius 1 is 1.42 bits per heavy atom. The summed E-state index contributed by atoms with van der Waals surface area (Å²) in [5.41, 5.74) is 2.11. The van der Waals surface area contributed by atoms with Crippen LogP contribution >= 0.6 is 11.3 Å². The van der Waals surface area contributed by atoms with Gasteiger partial charge in [-0.05, 0) is 43.9 Å². The quantitative estimate of drug-likeness (QED) is 0.811. The molecular weight excluding hydrogens is 320 g/mol. The van der Waals surface area contributed by atoms with Crippen molar-refractivity contribution in [3.63, 3.8) is 0 Å². The first-order valence-corrected chi connectivity index (χ1v) is 9.38. The number of carbonyl (C=O) groups excluding carboxylic acids is 1. The Bertz CT molecular complexity index is 696. The van der Waals surface area contributed by atoms with Gasteiger partial charge in [-0.15, -0.1) is 11.3 Å². The topological polar surface area (TPSA) is 42.4 Å². The molecule has 24 heavy (non-hydrogen) atoms. The molecule has 0 aliphatic carbocycles. The first kappa shape index (κ1) is 17.0. The third-order valence-corrected chi connectivity index (χ3v) is 5.53. The van der Waals surface area contributed by atoms with Crippen molar-refractivity contribution in [1.29, 1.82) is 0 Å². The number of benzene rings is 1. The molecule has 1 amide bonds. The van der Waals surface area contributed by atoms with Gasteiger partial charge in [0.15, 0.2) is 0 Å². The average Bonchev–Trinajstić information content (AvgIpc) is 3.24. The van der Waals surface area contributed by atoms with Gasteiger partial charge in [0.25, 0.3) is 0 Å². The molecule has 0 bridgehead atoms. The summed E-state index contributed by atoms with van der Waals surface area (Å²) >= 11 is 1.66. The molecule has 1 aliphatic rings. The minimum Gasteiger partial charge on any atom is -0.497 e. The van der Waals surface area contributed by atoms with E-state index in [1.165, 1.54) is 0 Å². The summed E-state index contributed by atoms with van der Waals surface area (Å²) in [6.45, 7) is 4.92. The van der Waals surface area contributed by atoms with Crippen molar-refractivity contribution in [3.05, 3.63) is 45.9 Å². The Morgan fingerprint density at radius 3 is 2.75 bits per heavy atom. The number of rotatable bonds is 5. The predicted molar refractivity (Wildman–Crippen MR) is 96.6 cm³/mol. The van der Waals surface area contributed by atoms with E-state index in [-0.39, 0.29) is 17.9 Å². The second-order valence-corrected chi connectivity index (χ2v) is 7.28. The molecule has 1 aromatic heterocycles. The van der Waals surface area contributed by atoms with Crippen LogP contribution in [0.4, 0.5) is 0 Å². The zero-order chi connectivity index (χ0) is 17.1. The van der Waals surface area contributed by atoms with E-state index < -0.39 is 0 Å². The molecule has 2 heterocycles. The number of ether oxygens (including phenoxy) is 1. The molecule has 1 aliphatic heterocycles. The first-order chi connectivity index (χ1) is 11.6. The van der Waals surface area contributed by atoms with Crippen molar-refractivity contribution >= 4 is 17.2 Å². The van der Waals surface area contributed by atoms with E-state index >= 15 is 0 Å². The smallest absolute Gasteiger partial charge is 0.230 e. The van der Waals surface area contributed by atoms with Gasteiger partial charge in [0, 0.05) is 11.9 Å². The number of hydrogen-bond acceptors (Lipinski definition) is 4. The SMILES string of the molecule is CC[C@@H](C(=O)N1CCC[C@H]1c1csc(C)n1)c1ccc(OC)cc1. The molecule has 1 aromatic carbocycles. The highest BCUT2D eigenvalue weighted by atomic mass is 32.1. The van der Waals surface area contributed by atoms with Crippen LogP contribution < -0.4 is 4.74 Å². The number of carbonyl (C=O) groups is 1. The van der Waals surface area contributed by atoms with Crippen molar-refractivity contribution in [2.45, 2.75) is 45.1 Å². The Labute approximate surface area is 147 Å². The highest BCUT2D eigenvalue weighted by Gasteiger charge is 2.35. The number of nitrogens with zero attached hydrogens (tertiary/aromatic N) is 2.